The minimum atomic E-state index is -0.758. The van der Waals surface area contributed by atoms with Gasteiger partial charge in [-0.3, -0.25) is 14.4 Å². The summed E-state index contributed by atoms with van der Waals surface area (Å²) in [5, 5.41) is 9.18. The topological polar surface area (TPSA) is 80.7 Å². The predicted molar refractivity (Wildman–Crippen MR) is 108 cm³/mol. The first-order chi connectivity index (χ1) is 13.7. The molecule has 1 saturated carbocycles. The number of allylic oxidation sites excluding steroid dienone is 6. The Kier molecular flexibility index (Phi) is 4.83. The summed E-state index contributed by atoms with van der Waals surface area (Å²) >= 11 is 0. The SMILES string of the molecule is COC(=O)C1CC2=CC(=O)CCC2(C)C2=CCC3=C(CCC3(C)CCC(=O)O)C21. The van der Waals surface area contributed by atoms with E-state index in [9.17, 15) is 19.5 Å². The molecule has 0 aromatic rings. The van der Waals surface area contributed by atoms with E-state index in [1.54, 1.807) is 6.08 Å². The summed E-state index contributed by atoms with van der Waals surface area (Å²) in [6.45, 7) is 4.40. The van der Waals surface area contributed by atoms with Gasteiger partial charge in [0, 0.05) is 24.2 Å². The zero-order chi connectivity index (χ0) is 21.0. The predicted octanol–water partition coefficient (Wildman–Crippen LogP) is 4.38. The zero-order valence-electron chi connectivity index (χ0n) is 17.5. The lowest BCUT2D eigenvalue weighted by molar-refractivity contribution is -0.147. The molecule has 0 spiro atoms. The molecule has 0 radical (unpaired) electrons. The Bertz CT molecular complexity index is 876. The van der Waals surface area contributed by atoms with Crippen LogP contribution in [0.2, 0.25) is 0 Å². The van der Waals surface area contributed by atoms with Gasteiger partial charge in [0.2, 0.25) is 0 Å². The highest BCUT2D eigenvalue weighted by atomic mass is 16.5. The van der Waals surface area contributed by atoms with E-state index in [1.165, 1.54) is 23.8 Å². The molecule has 5 nitrogen and oxygen atoms in total. The number of fused-ring (bicyclic) bond motifs is 4. The maximum atomic E-state index is 12.8. The van der Waals surface area contributed by atoms with Gasteiger partial charge in [-0.15, -0.1) is 0 Å². The molecule has 0 bridgehead atoms. The Morgan fingerprint density at radius 1 is 1.24 bits per heavy atom. The van der Waals surface area contributed by atoms with Crippen molar-refractivity contribution in [3.05, 3.63) is 34.4 Å². The van der Waals surface area contributed by atoms with Crippen molar-refractivity contribution in [2.75, 3.05) is 7.11 Å². The van der Waals surface area contributed by atoms with Crippen molar-refractivity contribution in [1.29, 1.82) is 0 Å². The second-order valence-electron chi connectivity index (χ2n) is 9.60. The van der Waals surface area contributed by atoms with Crippen molar-refractivity contribution in [2.24, 2.45) is 22.7 Å². The van der Waals surface area contributed by atoms with Gasteiger partial charge >= 0.3 is 11.9 Å². The summed E-state index contributed by atoms with van der Waals surface area (Å²) in [6.07, 6.45) is 9.45. The van der Waals surface area contributed by atoms with Gasteiger partial charge in [-0.05, 0) is 50.0 Å². The fourth-order valence-corrected chi connectivity index (χ4v) is 6.33. The quantitative estimate of drug-likeness (QED) is 0.561. The zero-order valence-corrected chi connectivity index (χ0v) is 17.5. The fourth-order valence-electron chi connectivity index (χ4n) is 6.33. The van der Waals surface area contributed by atoms with E-state index in [0.717, 1.165) is 31.3 Å². The molecule has 0 amide bonds. The van der Waals surface area contributed by atoms with Crippen molar-refractivity contribution in [3.8, 4) is 0 Å². The Labute approximate surface area is 171 Å². The van der Waals surface area contributed by atoms with Crippen molar-refractivity contribution in [1.82, 2.24) is 0 Å². The molecule has 4 atom stereocenters. The van der Waals surface area contributed by atoms with Gasteiger partial charge in [0.1, 0.15) is 0 Å². The van der Waals surface area contributed by atoms with Gasteiger partial charge < -0.3 is 9.84 Å². The monoisotopic (exact) mass is 398 g/mol. The molecular formula is C24H30O5. The Morgan fingerprint density at radius 3 is 2.69 bits per heavy atom. The van der Waals surface area contributed by atoms with Gasteiger partial charge in [0.15, 0.2) is 5.78 Å². The highest BCUT2D eigenvalue weighted by Crippen LogP contribution is 2.62. The Hall–Kier alpha value is -2.17. The average molecular weight is 398 g/mol. The fraction of sp³-hybridized carbons (Fsp3) is 0.625. The number of aliphatic carboxylic acids is 1. The number of carbonyl (C=O) groups is 3. The number of hydrogen-bond acceptors (Lipinski definition) is 4. The molecule has 5 heteroatoms. The lowest BCUT2D eigenvalue weighted by Crippen LogP contribution is -2.44. The summed E-state index contributed by atoms with van der Waals surface area (Å²) in [4.78, 5) is 36.0. The standard InChI is InChI=1S/C24H30O5/c1-23(10-8-20(26)27)9-7-16-18(23)4-5-19-21(16)17(22(28)29-3)13-14-12-15(25)6-11-24(14,19)2/h5,12,17,21H,4,6-11,13H2,1-3H3,(H,26,27). The molecule has 4 unspecified atom stereocenters. The van der Waals surface area contributed by atoms with E-state index < -0.39 is 5.97 Å². The number of carboxylic acids is 1. The van der Waals surface area contributed by atoms with E-state index in [4.69, 9.17) is 4.74 Å². The first-order valence-electron chi connectivity index (χ1n) is 10.7. The van der Waals surface area contributed by atoms with Crippen molar-refractivity contribution in [2.45, 2.75) is 65.2 Å². The van der Waals surface area contributed by atoms with Crippen LogP contribution >= 0.6 is 0 Å². The molecule has 0 aromatic carbocycles. The average Bonchev–Trinajstić information content (AvgIpc) is 3.03. The second-order valence-corrected chi connectivity index (χ2v) is 9.60. The van der Waals surface area contributed by atoms with Crippen LogP contribution < -0.4 is 0 Å². The number of methoxy groups -OCH3 is 1. The smallest absolute Gasteiger partial charge is 0.309 e. The molecule has 1 fully saturated rings. The van der Waals surface area contributed by atoms with E-state index in [0.29, 0.717) is 19.3 Å². The molecule has 4 aliphatic rings. The third-order valence-electron chi connectivity index (χ3n) is 8.09. The molecule has 29 heavy (non-hydrogen) atoms. The second kappa shape index (κ2) is 6.96. The van der Waals surface area contributed by atoms with Crippen LogP contribution in [-0.4, -0.2) is 29.9 Å². The summed E-state index contributed by atoms with van der Waals surface area (Å²) in [6, 6.07) is 0. The maximum absolute atomic E-state index is 12.8. The molecule has 0 saturated heterocycles. The molecule has 156 valence electrons. The number of ketones is 1. The normalized spacial score (nSPS) is 35.9. The lowest BCUT2D eigenvalue weighted by Gasteiger charge is -2.50. The van der Waals surface area contributed by atoms with Gasteiger partial charge in [-0.25, -0.2) is 0 Å². The van der Waals surface area contributed by atoms with Crippen molar-refractivity contribution < 1.29 is 24.2 Å². The molecule has 4 aliphatic carbocycles. The van der Waals surface area contributed by atoms with Crippen LogP contribution in [0.5, 0.6) is 0 Å². The third kappa shape index (κ3) is 3.10. The number of rotatable bonds is 4. The van der Waals surface area contributed by atoms with Crippen molar-refractivity contribution in [3.63, 3.8) is 0 Å². The Morgan fingerprint density at radius 2 is 2.00 bits per heavy atom. The molecule has 0 heterocycles. The van der Waals surface area contributed by atoms with Crippen molar-refractivity contribution >= 4 is 17.7 Å². The molecule has 0 aromatic heterocycles. The van der Waals surface area contributed by atoms with Gasteiger partial charge in [-0.1, -0.05) is 42.2 Å². The first-order valence-corrected chi connectivity index (χ1v) is 10.7. The highest BCUT2D eigenvalue weighted by molar-refractivity contribution is 5.92. The van der Waals surface area contributed by atoms with Crippen LogP contribution in [-0.2, 0) is 19.1 Å². The molecule has 1 N–H and O–H groups in total. The van der Waals surface area contributed by atoms with Crippen LogP contribution in [0, 0.1) is 22.7 Å². The minimum Gasteiger partial charge on any atom is -0.481 e. The van der Waals surface area contributed by atoms with E-state index in [2.05, 4.69) is 19.9 Å². The molecule has 4 rings (SSSR count). The summed E-state index contributed by atoms with van der Waals surface area (Å²) in [5.74, 6) is -1.10. The number of esters is 1. The van der Waals surface area contributed by atoms with Crippen LogP contribution in [0.4, 0.5) is 0 Å². The van der Waals surface area contributed by atoms with Crippen LogP contribution in [0.15, 0.2) is 34.4 Å². The Balaban J connectivity index is 1.77. The van der Waals surface area contributed by atoms with Crippen LogP contribution in [0.3, 0.4) is 0 Å². The van der Waals surface area contributed by atoms with Gasteiger partial charge in [0.05, 0.1) is 13.0 Å². The number of carboxylic acid groups (broad SMARTS) is 1. The number of ether oxygens (including phenoxy) is 1. The van der Waals surface area contributed by atoms with Gasteiger partial charge in [0.25, 0.3) is 0 Å². The van der Waals surface area contributed by atoms with Crippen LogP contribution in [0.1, 0.15) is 65.2 Å². The summed E-state index contributed by atoms with van der Waals surface area (Å²) < 4.78 is 5.18. The molecular weight excluding hydrogens is 368 g/mol. The van der Waals surface area contributed by atoms with Crippen LogP contribution in [0.25, 0.3) is 0 Å². The van der Waals surface area contributed by atoms with E-state index in [1.807, 2.05) is 0 Å². The maximum Gasteiger partial charge on any atom is 0.309 e. The summed E-state index contributed by atoms with van der Waals surface area (Å²) in [7, 11) is 1.43. The largest absolute Gasteiger partial charge is 0.481 e. The number of carbonyl (C=O) groups excluding carboxylic acids is 2. The van der Waals surface area contributed by atoms with E-state index in [-0.39, 0.29) is 40.8 Å². The lowest BCUT2D eigenvalue weighted by atomic mass is 9.53. The third-order valence-corrected chi connectivity index (χ3v) is 8.09. The van der Waals surface area contributed by atoms with Gasteiger partial charge in [-0.2, -0.15) is 0 Å². The number of hydrogen-bond donors (Lipinski definition) is 1. The van der Waals surface area contributed by atoms with E-state index >= 15 is 0 Å². The molecule has 0 aliphatic heterocycles. The first kappa shape index (κ1) is 20.1. The minimum absolute atomic E-state index is 0.0215. The highest BCUT2D eigenvalue weighted by Gasteiger charge is 2.53. The summed E-state index contributed by atoms with van der Waals surface area (Å²) in [5.41, 5.74) is 4.74.